The molecule has 0 bridgehead atoms. The Kier molecular flexibility index (Phi) is 9.52. The first-order valence-corrected chi connectivity index (χ1v) is 10.1. The van der Waals surface area contributed by atoms with Gasteiger partial charge in [0.1, 0.15) is 5.82 Å². The largest absolute Gasteiger partial charge is 0.466 e. The number of carbonyl (C=O) groups is 2. The van der Waals surface area contributed by atoms with Crippen molar-refractivity contribution in [3.63, 3.8) is 0 Å². The minimum Gasteiger partial charge on any atom is -0.466 e. The molecule has 0 spiro atoms. The quantitative estimate of drug-likeness (QED) is 0.205. The van der Waals surface area contributed by atoms with E-state index in [1.165, 1.54) is 31.9 Å². The fourth-order valence-corrected chi connectivity index (χ4v) is 3.16. The first-order valence-electron chi connectivity index (χ1n) is 9.29. The number of esters is 1. The molecule has 156 valence electrons. The summed E-state index contributed by atoms with van der Waals surface area (Å²) < 4.78 is 23.7. The highest BCUT2D eigenvalue weighted by Crippen LogP contribution is 2.23. The maximum atomic E-state index is 13.6. The Morgan fingerprint density at radius 3 is 2.90 bits per heavy atom. The predicted molar refractivity (Wildman–Crippen MR) is 111 cm³/mol. The number of amides is 1. The second-order valence-corrected chi connectivity index (χ2v) is 7.22. The van der Waals surface area contributed by atoms with Crippen molar-refractivity contribution >= 4 is 35.0 Å². The summed E-state index contributed by atoms with van der Waals surface area (Å²) in [5.74, 6) is -1.43. The van der Waals surface area contributed by atoms with E-state index in [1.54, 1.807) is 6.07 Å². The van der Waals surface area contributed by atoms with Gasteiger partial charge in [-0.2, -0.15) is 5.10 Å². The highest BCUT2D eigenvalue weighted by Gasteiger charge is 2.25. The fourth-order valence-electron chi connectivity index (χ4n) is 2.42. The average molecular weight is 421 g/mol. The number of amidine groups is 1. The maximum Gasteiger partial charge on any atom is 0.331 e. The Balaban J connectivity index is 1.98. The molecular formula is C20H24FN3O4S. The highest BCUT2D eigenvalue weighted by atomic mass is 32.2. The van der Waals surface area contributed by atoms with Crippen LogP contribution in [0, 0.1) is 5.82 Å². The second kappa shape index (κ2) is 12.1. The number of carbonyl (C=O) groups excluding carboxylic acids is 2. The number of nitrogens with one attached hydrogen (secondary N) is 1. The molecule has 1 heterocycles. The average Bonchev–Trinajstić information content (AvgIpc) is 3.05. The van der Waals surface area contributed by atoms with E-state index in [9.17, 15) is 14.0 Å². The molecule has 0 radical (unpaired) electrons. The summed E-state index contributed by atoms with van der Waals surface area (Å²) in [6.07, 6.45) is 6.97. The minimum atomic E-state index is -0.627. The number of thioether (sulfide) groups is 1. The molecule has 1 fully saturated rings. The molecule has 1 aromatic carbocycles. The number of benzene rings is 1. The van der Waals surface area contributed by atoms with Crippen LogP contribution in [0.4, 0.5) is 4.39 Å². The van der Waals surface area contributed by atoms with E-state index in [4.69, 9.17) is 4.74 Å². The fraction of sp³-hybridized carbons (Fsp3) is 0.400. The normalized spacial score (nSPS) is 16.7. The summed E-state index contributed by atoms with van der Waals surface area (Å²) in [7, 11) is 1.23. The SMILES string of the molecule is CCCCCCOCc1cc(F)ccc1C=N/N=C1/NC(=O)/C(=C\C(=O)OC)S1. The van der Waals surface area contributed by atoms with Crippen molar-refractivity contribution in [3.8, 4) is 0 Å². The number of halogens is 1. The zero-order valence-electron chi connectivity index (χ0n) is 16.4. The lowest BCUT2D eigenvalue weighted by molar-refractivity contribution is -0.135. The van der Waals surface area contributed by atoms with Crippen molar-refractivity contribution in [1.82, 2.24) is 5.32 Å². The van der Waals surface area contributed by atoms with E-state index in [0.29, 0.717) is 17.7 Å². The molecule has 0 atom stereocenters. The van der Waals surface area contributed by atoms with E-state index in [-0.39, 0.29) is 22.5 Å². The topological polar surface area (TPSA) is 89.4 Å². The van der Waals surface area contributed by atoms with Crippen molar-refractivity contribution < 1.29 is 23.5 Å². The van der Waals surface area contributed by atoms with Gasteiger partial charge in [-0.05, 0) is 35.9 Å². The molecule has 29 heavy (non-hydrogen) atoms. The molecule has 1 aliphatic rings. The van der Waals surface area contributed by atoms with Gasteiger partial charge in [0.15, 0.2) is 5.17 Å². The van der Waals surface area contributed by atoms with Crippen LogP contribution >= 0.6 is 11.8 Å². The summed E-state index contributed by atoms with van der Waals surface area (Å²) in [6.45, 7) is 3.04. The lowest BCUT2D eigenvalue weighted by atomic mass is 10.1. The van der Waals surface area contributed by atoms with E-state index in [0.717, 1.165) is 37.1 Å². The Hall–Kier alpha value is -2.52. The number of unbranched alkanes of at least 4 members (excludes halogenated alkanes) is 3. The zero-order chi connectivity index (χ0) is 21.1. The lowest BCUT2D eigenvalue weighted by Crippen LogP contribution is -2.19. The van der Waals surface area contributed by atoms with Gasteiger partial charge < -0.3 is 9.47 Å². The van der Waals surface area contributed by atoms with Gasteiger partial charge in [0.2, 0.25) is 0 Å². The third-order valence-corrected chi connectivity index (χ3v) is 4.85. The third kappa shape index (κ3) is 7.78. The van der Waals surface area contributed by atoms with Gasteiger partial charge >= 0.3 is 5.97 Å². The molecule has 9 heteroatoms. The first-order chi connectivity index (χ1) is 14.0. The Morgan fingerprint density at radius 1 is 1.31 bits per heavy atom. The van der Waals surface area contributed by atoms with Crippen molar-refractivity contribution in [3.05, 3.63) is 46.1 Å². The van der Waals surface area contributed by atoms with Gasteiger partial charge in [-0.15, -0.1) is 5.10 Å². The van der Waals surface area contributed by atoms with Gasteiger partial charge in [-0.1, -0.05) is 32.3 Å². The summed E-state index contributed by atoms with van der Waals surface area (Å²) in [6, 6.07) is 4.34. The van der Waals surface area contributed by atoms with Gasteiger partial charge in [0.05, 0.1) is 24.8 Å². The number of rotatable bonds is 10. The van der Waals surface area contributed by atoms with Crippen molar-refractivity contribution in [2.24, 2.45) is 10.2 Å². The van der Waals surface area contributed by atoms with Crippen LogP contribution in [0.1, 0.15) is 43.7 Å². The Labute approximate surface area is 173 Å². The standard InChI is InChI=1S/C20H24FN3O4S/c1-3-4-5-6-9-28-13-15-10-16(21)8-7-14(15)12-22-24-20-23-19(26)17(29-20)11-18(25)27-2/h7-8,10-12H,3-6,9,13H2,1-2H3,(H,23,24,26)/b17-11+,22-12?. The molecule has 1 aliphatic heterocycles. The van der Waals surface area contributed by atoms with Gasteiger partial charge in [-0.25, -0.2) is 9.18 Å². The van der Waals surface area contributed by atoms with E-state index < -0.39 is 11.9 Å². The summed E-state index contributed by atoms with van der Waals surface area (Å²) in [5.41, 5.74) is 1.34. The first kappa shape index (κ1) is 22.8. The number of hydrogen-bond donors (Lipinski definition) is 1. The molecule has 0 saturated carbocycles. The molecule has 0 aromatic heterocycles. The minimum absolute atomic E-state index is 0.171. The van der Waals surface area contributed by atoms with Crippen LogP contribution in [0.15, 0.2) is 39.4 Å². The number of nitrogens with zero attached hydrogens (tertiary/aromatic N) is 2. The maximum absolute atomic E-state index is 13.6. The molecule has 1 amide bonds. The van der Waals surface area contributed by atoms with Crippen LogP contribution in [0.3, 0.4) is 0 Å². The van der Waals surface area contributed by atoms with Crippen LogP contribution in [-0.4, -0.2) is 37.0 Å². The number of hydrogen-bond acceptors (Lipinski definition) is 7. The Bertz CT molecular complexity index is 824. The van der Waals surface area contributed by atoms with Crippen molar-refractivity contribution in [2.75, 3.05) is 13.7 Å². The van der Waals surface area contributed by atoms with Gasteiger partial charge in [-0.3, -0.25) is 10.1 Å². The van der Waals surface area contributed by atoms with E-state index >= 15 is 0 Å². The predicted octanol–water partition coefficient (Wildman–Crippen LogP) is 3.53. The highest BCUT2D eigenvalue weighted by molar-refractivity contribution is 8.18. The molecule has 0 aliphatic carbocycles. The van der Waals surface area contributed by atoms with E-state index in [1.807, 2.05) is 0 Å². The van der Waals surface area contributed by atoms with Crippen LogP contribution in [0.2, 0.25) is 0 Å². The monoisotopic (exact) mass is 421 g/mol. The van der Waals surface area contributed by atoms with Crippen molar-refractivity contribution in [1.29, 1.82) is 0 Å². The summed E-state index contributed by atoms with van der Waals surface area (Å²) in [5, 5.41) is 10.6. The van der Waals surface area contributed by atoms with Crippen LogP contribution in [0.25, 0.3) is 0 Å². The number of methoxy groups -OCH3 is 1. The zero-order valence-corrected chi connectivity index (χ0v) is 17.3. The molecule has 1 saturated heterocycles. The Morgan fingerprint density at radius 2 is 2.14 bits per heavy atom. The summed E-state index contributed by atoms with van der Waals surface area (Å²) >= 11 is 0.979. The summed E-state index contributed by atoms with van der Waals surface area (Å²) in [4.78, 5) is 23.2. The molecule has 0 unspecified atom stereocenters. The van der Waals surface area contributed by atoms with Crippen LogP contribution in [-0.2, 0) is 25.7 Å². The van der Waals surface area contributed by atoms with Crippen LogP contribution < -0.4 is 5.32 Å². The molecule has 7 nitrogen and oxygen atoms in total. The lowest BCUT2D eigenvalue weighted by Gasteiger charge is -2.07. The second-order valence-electron chi connectivity index (χ2n) is 6.19. The van der Waals surface area contributed by atoms with Gasteiger partial charge in [0.25, 0.3) is 5.91 Å². The molecule has 1 aromatic rings. The molecule has 2 rings (SSSR count). The third-order valence-electron chi connectivity index (χ3n) is 3.95. The van der Waals surface area contributed by atoms with Gasteiger partial charge in [0, 0.05) is 18.2 Å². The molecular weight excluding hydrogens is 397 g/mol. The van der Waals surface area contributed by atoms with E-state index in [2.05, 4.69) is 27.2 Å². The van der Waals surface area contributed by atoms with Crippen LogP contribution in [0.5, 0.6) is 0 Å². The number of ether oxygens (including phenoxy) is 2. The smallest absolute Gasteiger partial charge is 0.331 e. The molecule has 1 N–H and O–H groups in total. The van der Waals surface area contributed by atoms with Crippen molar-refractivity contribution in [2.45, 2.75) is 39.2 Å².